The van der Waals surface area contributed by atoms with Crippen molar-refractivity contribution in [3.63, 3.8) is 0 Å². The second-order valence-corrected chi connectivity index (χ2v) is 7.07. The second kappa shape index (κ2) is 7.77. The SMILES string of the molecule is COc1ccc(-c2cc3[nH]c(CNC(=O)C[C@H]4CCO4)cc3cc2Cl)nc1F. The number of halogens is 2. The van der Waals surface area contributed by atoms with Crippen molar-refractivity contribution in [2.45, 2.75) is 25.5 Å². The molecule has 28 heavy (non-hydrogen) atoms. The number of nitrogens with one attached hydrogen (secondary N) is 2. The van der Waals surface area contributed by atoms with E-state index in [2.05, 4.69) is 15.3 Å². The van der Waals surface area contributed by atoms with Gasteiger partial charge >= 0.3 is 0 Å². The van der Waals surface area contributed by atoms with Crippen molar-refractivity contribution >= 4 is 28.4 Å². The number of hydrogen-bond acceptors (Lipinski definition) is 4. The van der Waals surface area contributed by atoms with Crippen LogP contribution in [0.2, 0.25) is 5.02 Å². The van der Waals surface area contributed by atoms with Crippen LogP contribution in [0.25, 0.3) is 22.2 Å². The number of hydrogen-bond donors (Lipinski definition) is 2. The molecule has 0 radical (unpaired) electrons. The van der Waals surface area contributed by atoms with Crippen molar-refractivity contribution in [3.8, 4) is 17.0 Å². The van der Waals surface area contributed by atoms with Crippen molar-refractivity contribution in [2.75, 3.05) is 13.7 Å². The smallest absolute Gasteiger partial charge is 0.255 e. The van der Waals surface area contributed by atoms with Crippen molar-refractivity contribution in [1.82, 2.24) is 15.3 Å². The van der Waals surface area contributed by atoms with Crippen LogP contribution < -0.4 is 10.1 Å². The summed E-state index contributed by atoms with van der Waals surface area (Å²) in [7, 11) is 1.39. The molecule has 3 heterocycles. The fourth-order valence-electron chi connectivity index (χ4n) is 3.15. The summed E-state index contributed by atoms with van der Waals surface area (Å²) in [5.74, 6) is -0.660. The Bertz CT molecular complexity index is 1030. The zero-order valence-corrected chi connectivity index (χ0v) is 16.0. The van der Waals surface area contributed by atoms with Gasteiger partial charge in [-0.2, -0.15) is 4.39 Å². The molecular weight excluding hydrogens is 385 g/mol. The van der Waals surface area contributed by atoms with Gasteiger partial charge in [-0.25, -0.2) is 4.98 Å². The number of H-pyrrole nitrogens is 1. The predicted molar refractivity (Wildman–Crippen MR) is 104 cm³/mol. The molecular formula is C20H19ClFN3O3. The van der Waals surface area contributed by atoms with Gasteiger partial charge in [0.25, 0.3) is 5.95 Å². The van der Waals surface area contributed by atoms with E-state index in [0.29, 0.717) is 29.2 Å². The number of nitrogens with zero attached hydrogens (tertiary/aromatic N) is 1. The van der Waals surface area contributed by atoms with Gasteiger partial charge in [-0.3, -0.25) is 4.79 Å². The third-order valence-corrected chi connectivity index (χ3v) is 5.07. The van der Waals surface area contributed by atoms with E-state index < -0.39 is 5.95 Å². The monoisotopic (exact) mass is 403 g/mol. The molecule has 0 unspecified atom stereocenters. The minimum absolute atomic E-state index is 0.0417. The number of fused-ring (bicyclic) bond motifs is 1. The highest BCUT2D eigenvalue weighted by atomic mass is 35.5. The topological polar surface area (TPSA) is 76.2 Å². The number of aromatic amines is 1. The van der Waals surface area contributed by atoms with Gasteiger partial charge < -0.3 is 19.8 Å². The predicted octanol–water partition coefficient (Wildman–Crippen LogP) is 3.83. The van der Waals surface area contributed by atoms with E-state index in [1.807, 2.05) is 12.1 Å². The molecule has 0 saturated carbocycles. The molecule has 1 amide bonds. The van der Waals surface area contributed by atoms with Crippen LogP contribution in [0, 0.1) is 5.95 Å². The lowest BCUT2D eigenvalue weighted by Gasteiger charge is -2.25. The molecule has 1 aromatic carbocycles. The van der Waals surface area contributed by atoms with Gasteiger partial charge in [0.2, 0.25) is 5.91 Å². The third-order valence-electron chi connectivity index (χ3n) is 4.76. The normalized spacial score (nSPS) is 16.0. The van der Waals surface area contributed by atoms with Gasteiger partial charge in [-0.1, -0.05) is 11.6 Å². The number of aromatic nitrogens is 2. The molecule has 1 fully saturated rings. The molecule has 2 aromatic heterocycles. The number of carbonyl (C=O) groups excluding carboxylic acids is 1. The van der Waals surface area contributed by atoms with E-state index >= 15 is 0 Å². The molecule has 0 bridgehead atoms. The maximum Gasteiger partial charge on any atom is 0.255 e. The molecule has 4 rings (SSSR count). The average molecular weight is 404 g/mol. The molecule has 3 aromatic rings. The lowest BCUT2D eigenvalue weighted by atomic mass is 10.1. The van der Waals surface area contributed by atoms with Gasteiger partial charge in [0.1, 0.15) is 0 Å². The van der Waals surface area contributed by atoms with Crippen molar-refractivity contribution in [3.05, 3.63) is 47.0 Å². The van der Waals surface area contributed by atoms with Crippen molar-refractivity contribution in [2.24, 2.45) is 0 Å². The zero-order valence-electron chi connectivity index (χ0n) is 15.2. The van der Waals surface area contributed by atoms with Crippen LogP contribution in [0.1, 0.15) is 18.5 Å². The molecule has 0 spiro atoms. The largest absolute Gasteiger partial charge is 0.492 e. The van der Waals surface area contributed by atoms with Crippen LogP contribution in [0.5, 0.6) is 5.75 Å². The van der Waals surface area contributed by atoms with Crippen LogP contribution >= 0.6 is 11.6 Å². The first kappa shape index (κ1) is 18.7. The summed E-state index contributed by atoms with van der Waals surface area (Å²) >= 11 is 6.39. The zero-order chi connectivity index (χ0) is 19.7. The fourth-order valence-corrected chi connectivity index (χ4v) is 3.42. The Morgan fingerprint density at radius 1 is 1.43 bits per heavy atom. The molecule has 1 saturated heterocycles. The van der Waals surface area contributed by atoms with Gasteiger partial charge in [-0.15, -0.1) is 0 Å². The molecule has 1 atom stereocenters. The number of amides is 1. The maximum absolute atomic E-state index is 13.9. The number of rotatable bonds is 6. The Morgan fingerprint density at radius 2 is 2.25 bits per heavy atom. The number of carbonyl (C=O) groups is 1. The van der Waals surface area contributed by atoms with Crippen LogP contribution in [-0.4, -0.2) is 35.7 Å². The number of benzene rings is 1. The summed E-state index contributed by atoms with van der Waals surface area (Å²) in [6.07, 6.45) is 1.35. The summed E-state index contributed by atoms with van der Waals surface area (Å²) in [6, 6.07) is 8.70. The summed E-state index contributed by atoms with van der Waals surface area (Å²) in [6.45, 7) is 1.11. The average Bonchev–Trinajstić information content (AvgIpc) is 3.04. The fraction of sp³-hybridized carbons (Fsp3) is 0.300. The summed E-state index contributed by atoms with van der Waals surface area (Å²) in [5, 5.41) is 4.24. The van der Waals surface area contributed by atoms with Crippen molar-refractivity contribution < 1.29 is 18.7 Å². The van der Waals surface area contributed by atoms with E-state index in [0.717, 1.165) is 29.6 Å². The van der Waals surface area contributed by atoms with E-state index in [1.54, 1.807) is 12.1 Å². The third kappa shape index (κ3) is 3.81. The Balaban J connectivity index is 1.53. The maximum atomic E-state index is 13.9. The highest BCUT2D eigenvalue weighted by molar-refractivity contribution is 6.34. The Morgan fingerprint density at radius 3 is 2.93 bits per heavy atom. The summed E-state index contributed by atoms with van der Waals surface area (Å²) in [4.78, 5) is 19.1. The van der Waals surface area contributed by atoms with Gasteiger partial charge in [-0.05, 0) is 36.8 Å². The molecule has 0 aliphatic carbocycles. The van der Waals surface area contributed by atoms with Crippen molar-refractivity contribution in [1.29, 1.82) is 0 Å². The molecule has 1 aliphatic heterocycles. The summed E-state index contributed by atoms with van der Waals surface area (Å²) < 4.78 is 24.1. The van der Waals surface area contributed by atoms with Crippen LogP contribution in [-0.2, 0) is 16.1 Å². The first-order valence-electron chi connectivity index (χ1n) is 8.94. The summed E-state index contributed by atoms with van der Waals surface area (Å²) in [5.41, 5.74) is 2.69. The molecule has 6 nitrogen and oxygen atoms in total. The van der Waals surface area contributed by atoms with Gasteiger partial charge in [0, 0.05) is 28.8 Å². The first-order chi connectivity index (χ1) is 13.5. The molecule has 1 aliphatic rings. The van der Waals surface area contributed by atoms with E-state index in [4.69, 9.17) is 21.1 Å². The molecule has 2 N–H and O–H groups in total. The van der Waals surface area contributed by atoms with Gasteiger partial charge in [0.15, 0.2) is 5.75 Å². The van der Waals surface area contributed by atoms with E-state index in [9.17, 15) is 9.18 Å². The highest BCUT2D eigenvalue weighted by Gasteiger charge is 2.21. The number of methoxy groups -OCH3 is 1. The highest BCUT2D eigenvalue weighted by Crippen LogP contribution is 2.32. The minimum Gasteiger partial charge on any atom is -0.492 e. The first-order valence-corrected chi connectivity index (χ1v) is 9.31. The number of pyridine rings is 1. The lowest BCUT2D eigenvalue weighted by molar-refractivity contribution is -0.129. The van der Waals surface area contributed by atoms with Gasteiger partial charge in [0.05, 0.1) is 36.9 Å². The molecule has 8 heteroatoms. The van der Waals surface area contributed by atoms with Crippen LogP contribution in [0.15, 0.2) is 30.3 Å². The Kier molecular flexibility index (Phi) is 5.19. The van der Waals surface area contributed by atoms with Crippen LogP contribution in [0.3, 0.4) is 0 Å². The molecule has 146 valence electrons. The Labute approximate surface area is 166 Å². The minimum atomic E-state index is -0.693. The van der Waals surface area contributed by atoms with Crippen LogP contribution in [0.4, 0.5) is 4.39 Å². The Hall–Kier alpha value is -2.64. The van der Waals surface area contributed by atoms with E-state index in [1.165, 1.54) is 13.2 Å². The second-order valence-electron chi connectivity index (χ2n) is 6.67. The quantitative estimate of drug-likeness (QED) is 0.613. The lowest BCUT2D eigenvalue weighted by Crippen LogP contribution is -2.34. The number of ether oxygens (including phenoxy) is 2. The standard InChI is InChI=1S/C20H19ClFN3O3/c1-27-18-3-2-16(25-20(18)22)14-9-17-11(7-15(14)21)6-12(24-17)10-23-19(26)8-13-4-5-28-13/h2-3,6-7,9,13,24H,4-5,8,10H2,1H3,(H,23,26)/t13-/m1/s1. The van der Waals surface area contributed by atoms with E-state index in [-0.39, 0.29) is 17.8 Å².